The molecule has 2 aliphatic rings. The molecule has 1 aliphatic carbocycles. The van der Waals surface area contributed by atoms with Crippen molar-refractivity contribution >= 4 is 21.6 Å². The molecule has 2 aromatic carbocycles. The van der Waals surface area contributed by atoms with Gasteiger partial charge in [0, 0.05) is 26.2 Å². The number of rotatable bonds is 7. The van der Waals surface area contributed by atoms with Crippen LogP contribution in [0.25, 0.3) is 0 Å². The molecule has 1 heterocycles. The van der Waals surface area contributed by atoms with E-state index in [9.17, 15) is 22.0 Å². The molecule has 0 atom stereocenters. The largest absolute Gasteiger partial charge is 0.433 e. The maximum atomic E-state index is 13.0. The summed E-state index contributed by atoms with van der Waals surface area (Å²) >= 11 is 0. The van der Waals surface area contributed by atoms with Crippen LogP contribution in [0.4, 0.5) is 14.5 Å². The lowest BCUT2D eigenvalue weighted by molar-refractivity contribution is -0.117. The van der Waals surface area contributed by atoms with E-state index in [1.165, 1.54) is 28.1 Å². The van der Waals surface area contributed by atoms with Gasteiger partial charge in [-0.25, -0.2) is 8.42 Å². The van der Waals surface area contributed by atoms with Crippen LogP contribution in [0.3, 0.4) is 0 Å². The molecule has 7 nitrogen and oxygen atoms in total. The summed E-state index contributed by atoms with van der Waals surface area (Å²) in [6.07, 6.45) is 2.96. The molecular weight excluding hydrogens is 440 g/mol. The lowest BCUT2D eigenvalue weighted by Gasteiger charge is -2.33. The quantitative estimate of drug-likeness (QED) is 0.680. The minimum absolute atomic E-state index is 0.0236. The maximum absolute atomic E-state index is 13.0. The minimum atomic E-state index is -3.58. The van der Waals surface area contributed by atoms with E-state index in [0.717, 1.165) is 24.8 Å². The third-order valence-electron chi connectivity index (χ3n) is 5.78. The van der Waals surface area contributed by atoms with Gasteiger partial charge in [0.15, 0.2) is 0 Å². The fourth-order valence-corrected chi connectivity index (χ4v) is 5.62. The van der Waals surface area contributed by atoms with Crippen LogP contribution in [0.15, 0.2) is 47.4 Å². The SMILES string of the molecule is O=C(CN1CCN(S(=O)(=O)c2ccc3c(c2)CCC3)CC1)Nc1ccccc1OC(F)F. The molecule has 1 N–H and O–H groups in total. The lowest BCUT2D eigenvalue weighted by atomic mass is 10.1. The first kappa shape index (κ1) is 22.6. The van der Waals surface area contributed by atoms with E-state index in [1.807, 2.05) is 11.0 Å². The van der Waals surface area contributed by atoms with E-state index in [2.05, 4.69) is 10.1 Å². The van der Waals surface area contributed by atoms with Gasteiger partial charge < -0.3 is 10.1 Å². The highest BCUT2D eigenvalue weighted by Crippen LogP contribution is 2.27. The summed E-state index contributed by atoms with van der Waals surface area (Å²) in [7, 11) is -3.58. The van der Waals surface area contributed by atoms with Crippen molar-refractivity contribution in [2.45, 2.75) is 30.8 Å². The number of piperazine rings is 1. The zero-order valence-electron chi connectivity index (χ0n) is 17.5. The Hall–Kier alpha value is -2.56. The molecule has 1 fully saturated rings. The Labute approximate surface area is 186 Å². The average molecular weight is 466 g/mol. The minimum Gasteiger partial charge on any atom is -0.433 e. The smallest absolute Gasteiger partial charge is 0.387 e. The van der Waals surface area contributed by atoms with Crippen molar-refractivity contribution in [2.75, 3.05) is 38.0 Å². The second kappa shape index (κ2) is 9.51. The van der Waals surface area contributed by atoms with Gasteiger partial charge in [0.1, 0.15) is 5.75 Å². The van der Waals surface area contributed by atoms with Gasteiger partial charge >= 0.3 is 6.61 Å². The number of halogens is 2. The van der Waals surface area contributed by atoms with Crippen LogP contribution < -0.4 is 10.1 Å². The number of amides is 1. The fourth-order valence-electron chi connectivity index (χ4n) is 4.15. The van der Waals surface area contributed by atoms with Gasteiger partial charge in [0.05, 0.1) is 17.1 Å². The van der Waals surface area contributed by atoms with Crippen molar-refractivity contribution in [3.63, 3.8) is 0 Å². The monoisotopic (exact) mass is 465 g/mol. The first-order valence-electron chi connectivity index (χ1n) is 10.5. The van der Waals surface area contributed by atoms with Crippen molar-refractivity contribution < 1.29 is 26.7 Å². The molecule has 10 heteroatoms. The predicted molar refractivity (Wildman–Crippen MR) is 115 cm³/mol. The van der Waals surface area contributed by atoms with Crippen LogP contribution in [0, 0.1) is 0 Å². The van der Waals surface area contributed by atoms with Gasteiger partial charge in [-0.15, -0.1) is 0 Å². The number of fused-ring (bicyclic) bond motifs is 1. The predicted octanol–water partition coefficient (Wildman–Crippen LogP) is 2.72. The Kier molecular flexibility index (Phi) is 6.73. The summed E-state index contributed by atoms with van der Waals surface area (Å²) in [6.45, 7) is -1.63. The van der Waals surface area contributed by atoms with Crippen molar-refractivity contribution in [1.82, 2.24) is 9.21 Å². The first-order valence-corrected chi connectivity index (χ1v) is 11.9. The molecule has 0 unspecified atom stereocenters. The van der Waals surface area contributed by atoms with Crippen LogP contribution in [-0.2, 0) is 27.7 Å². The molecule has 32 heavy (non-hydrogen) atoms. The summed E-state index contributed by atoms with van der Waals surface area (Å²) in [5.41, 5.74) is 2.49. The van der Waals surface area contributed by atoms with E-state index in [0.29, 0.717) is 18.0 Å². The molecule has 0 bridgehead atoms. The Morgan fingerprint density at radius 3 is 2.50 bits per heavy atom. The Balaban J connectivity index is 1.33. The summed E-state index contributed by atoms with van der Waals surface area (Å²) in [4.78, 5) is 14.6. The van der Waals surface area contributed by atoms with Gasteiger partial charge in [-0.1, -0.05) is 18.2 Å². The summed E-state index contributed by atoms with van der Waals surface area (Å²) in [6, 6.07) is 11.4. The molecule has 0 aromatic heterocycles. The third-order valence-corrected chi connectivity index (χ3v) is 7.68. The molecule has 1 saturated heterocycles. The van der Waals surface area contributed by atoms with Crippen LogP contribution in [0.2, 0.25) is 0 Å². The molecule has 2 aromatic rings. The number of carbonyl (C=O) groups excluding carboxylic acids is 1. The molecular formula is C22H25F2N3O4S. The van der Waals surface area contributed by atoms with Gasteiger partial charge in [-0.3, -0.25) is 9.69 Å². The number of alkyl halides is 2. The van der Waals surface area contributed by atoms with Crippen LogP contribution >= 0.6 is 0 Å². The normalized spacial score (nSPS) is 17.3. The molecule has 0 saturated carbocycles. The lowest BCUT2D eigenvalue weighted by Crippen LogP contribution is -2.50. The third kappa shape index (κ3) is 5.08. The highest BCUT2D eigenvalue weighted by atomic mass is 32.2. The van der Waals surface area contributed by atoms with Crippen LogP contribution in [0.5, 0.6) is 5.75 Å². The highest BCUT2D eigenvalue weighted by Gasteiger charge is 2.30. The average Bonchev–Trinajstić information content (AvgIpc) is 3.23. The van der Waals surface area contributed by atoms with Crippen molar-refractivity contribution in [1.29, 1.82) is 0 Å². The molecule has 172 valence electrons. The van der Waals surface area contributed by atoms with Gasteiger partial charge in [0.25, 0.3) is 0 Å². The topological polar surface area (TPSA) is 79.0 Å². The molecule has 1 aliphatic heterocycles. The zero-order chi connectivity index (χ0) is 22.7. The number of nitrogens with zero attached hydrogens (tertiary/aromatic N) is 2. The summed E-state index contributed by atoms with van der Waals surface area (Å²) in [5, 5.41) is 2.58. The number of sulfonamides is 1. The molecule has 4 rings (SSSR count). The number of anilines is 1. The second-order valence-corrected chi connectivity index (χ2v) is 9.83. The Morgan fingerprint density at radius 2 is 1.75 bits per heavy atom. The standard InChI is InChI=1S/C22H25F2N3O4S/c23-22(24)31-20-7-2-1-6-19(20)25-21(28)15-26-10-12-27(13-11-26)32(29,30)18-9-8-16-4-3-5-17(16)14-18/h1-2,6-9,14,22H,3-5,10-13,15H2,(H,25,28). The molecule has 0 spiro atoms. The molecule has 1 amide bonds. The number of carbonyl (C=O) groups is 1. The van der Waals surface area contributed by atoms with E-state index in [4.69, 9.17) is 0 Å². The summed E-state index contributed by atoms with van der Waals surface area (Å²) < 4.78 is 57.0. The second-order valence-electron chi connectivity index (χ2n) is 7.89. The zero-order valence-corrected chi connectivity index (χ0v) is 18.3. The van der Waals surface area contributed by atoms with E-state index in [-0.39, 0.29) is 37.0 Å². The number of hydrogen-bond acceptors (Lipinski definition) is 5. The van der Waals surface area contributed by atoms with Crippen molar-refractivity contribution in [3.8, 4) is 5.75 Å². The van der Waals surface area contributed by atoms with Gasteiger partial charge in [-0.2, -0.15) is 13.1 Å². The fraction of sp³-hybridized carbons (Fsp3) is 0.409. The number of nitrogens with one attached hydrogen (secondary N) is 1. The number of para-hydroxylation sites is 2. The van der Waals surface area contributed by atoms with Crippen molar-refractivity contribution in [3.05, 3.63) is 53.6 Å². The van der Waals surface area contributed by atoms with Crippen LogP contribution in [-0.4, -0.2) is 62.9 Å². The number of ether oxygens (including phenoxy) is 1. The number of aryl methyl sites for hydroxylation is 2. The number of hydrogen-bond donors (Lipinski definition) is 1. The summed E-state index contributed by atoms with van der Waals surface area (Å²) in [5.74, 6) is -0.494. The van der Waals surface area contributed by atoms with Gasteiger partial charge in [-0.05, 0) is 54.7 Å². The van der Waals surface area contributed by atoms with E-state index >= 15 is 0 Å². The first-order chi connectivity index (χ1) is 15.3. The van der Waals surface area contributed by atoms with E-state index in [1.54, 1.807) is 18.2 Å². The van der Waals surface area contributed by atoms with Gasteiger partial charge in [0.2, 0.25) is 15.9 Å². The van der Waals surface area contributed by atoms with E-state index < -0.39 is 16.6 Å². The van der Waals surface area contributed by atoms with Crippen molar-refractivity contribution in [2.24, 2.45) is 0 Å². The Bertz CT molecular complexity index is 1090. The molecule has 0 radical (unpaired) electrons. The highest BCUT2D eigenvalue weighted by molar-refractivity contribution is 7.89. The Morgan fingerprint density at radius 1 is 1.03 bits per heavy atom. The van der Waals surface area contributed by atoms with Crippen LogP contribution in [0.1, 0.15) is 17.5 Å². The number of benzene rings is 2. The maximum Gasteiger partial charge on any atom is 0.387 e.